The van der Waals surface area contributed by atoms with E-state index in [1.54, 1.807) is 0 Å². The Labute approximate surface area is 158 Å². The molecule has 0 amide bonds. The molecule has 0 spiro atoms. The summed E-state index contributed by atoms with van der Waals surface area (Å²) in [4.78, 5) is 0. The Morgan fingerprint density at radius 2 is 1.31 bits per heavy atom. The lowest BCUT2D eigenvalue weighted by Crippen LogP contribution is -2.13. The first-order valence-electron chi connectivity index (χ1n) is 10.6. The molecule has 0 saturated heterocycles. The van der Waals surface area contributed by atoms with Crippen molar-refractivity contribution in [2.24, 2.45) is 5.92 Å². The molecule has 0 unspecified atom stereocenters. The van der Waals surface area contributed by atoms with Gasteiger partial charge >= 0.3 is 0 Å². The van der Waals surface area contributed by atoms with Crippen molar-refractivity contribution in [2.75, 3.05) is 0 Å². The summed E-state index contributed by atoms with van der Waals surface area (Å²) in [5, 5.41) is 0. The van der Waals surface area contributed by atoms with Gasteiger partial charge in [0.15, 0.2) is 0 Å². The van der Waals surface area contributed by atoms with Gasteiger partial charge in [-0.05, 0) is 66.3 Å². The zero-order valence-electron chi connectivity index (χ0n) is 16.2. The molecular formula is C25H33F. The van der Waals surface area contributed by atoms with Crippen LogP contribution in [0.1, 0.15) is 82.6 Å². The van der Waals surface area contributed by atoms with Gasteiger partial charge in [0.2, 0.25) is 0 Å². The molecular weight excluding hydrogens is 319 g/mol. The number of halogens is 1. The molecule has 0 aromatic heterocycles. The van der Waals surface area contributed by atoms with Crippen molar-refractivity contribution in [3.05, 3.63) is 59.9 Å². The van der Waals surface area contributed by atoms with Gasteiger partial charge in [-0.2, -0.15) is 0 Å². The Bertz CT molecular complexity index is 633. The first kappa shape index (κ1) is 19.1. The topological polar surface area (TPSA) is 0 Å². The first-order valence-corrected chi connectivity index (χ1v) is 10.6. The van der Waals surface area contributed by atoms with Crippen LogP contribution in [0.3, 0.4) is 0 Å². The summed E-state index contributed by atoms with van der Waals surface area (Å²) in [6, 6.07) is 15.7. The Morgan fingerprint density at radius 3 is 1.92 bits per heavy atom. The van der Waals surface area contributed by atoms with Gasteiger partial charge in [-0.3, -0.25) is 0 Å². The third-order valence-electron chi connectivity index (χ3n) is 6.12. The van der Waals surface area contributed by atoms with Gasteiger partial charge in [-0.1, -0.05) is 81.8 Å². The molecule has 0 heterocycles. The van der Waals surface area contributed by atoms with Gasteiger partial charge in [0.25, 0.3) is 0 Å². The quantitative estimate of drug-likeness (QED) is 0.421. The second-order valence-corrected chi connectivity index (χ2v) is 8.05. The molecule has 26 heavy (non-hydrogen) atoms. The Kier molecular flexibility index (Phi) is 7.29. The third-order valence-corrected chi connectivity index (χ3v) is 6.12. The Hall–Kier alpha value is -1.63. The second-order valence-electron chi connectivity index (χ2n) is 8.05. The maximum Gasteiger partial charge on any atom is 0.123 e. The number of unbranched alkanes of at least 4 members (excludes halogenated alkanes) is 4. The van der Waals surface area contributed by atoms with E-state index in [4.69, 9.17) is 0 Å². The minimum absolute atomic E-state index is 0.174. The maximum atomic E-state index is 13.1. The van der Waals surface area contributed by atoms with Crippen molar-refractivity contribution in [2.45, 2.75) is 77.0 Å². The SMILES string of the molecule is CCCCCCC[C@H]1CC[C@H](c2ccc(-c3ccc(F)cc3)cc2)CC1. The van der Waals surface area contributed by atoms with Crippen LogP contribution in [-0.4, -0.2) is 0 Å². The maximum absolute atomic E-state index is 13.1. The average molecular weight is 353 g/mol. The molecule has 0 bridgehead atoms. The van der Waals surface area contributed by atoms with Crippen LogP contribution in [0, 0.1) is 11.7 Å². The lowest BCUT2D eigenvalue weighted by molar-refractivity contribution is 0.302. The van der Waals surface area contributed by atoms with Crippen LogP contribution in [0.15, 0.2) is 48.5 Å². The van der Waals surface area contributed by atoms with Crippen LogP contribution in [-0.2, 0) is 0 Å². The zero-order chi connectivity index (χ0) is 18.2. The fourth-order valence-electron chi connectivity index (χ4n) is 4.41. The summed E-state index contributed by atoms with van der Waals surface area (Å²) >= 11 is 0. The lowest BCUT2D eigenvalue weighted by Gasteiger charge is -2.29. The van der Waals surface area contributed by atoms with Gasteiger partial charge in [0, 0.05) is 0 Å². The predicted molar refractivity (Wildman–Crippen MR) is 110 cm³/mol. The van der Waals surface area contributed by atoms with Crippen molar-refractivity contribution < 1.29 is 4.39 Å². The van der Waals surface area contributed by atoms with E-state index < -0.39 is 0 Å². The van der Waals surface area contributed by atoms with Gasteiger partial charge in [0.1, 0.15) is 5.82 Å². The molecule has 1 heteroatoms. The summed E-state index contributed by atoms with van der Waals surface area (Å²) < 4.78 is 13.1. The molecule has 0 aliphatic heterocycles. The normalized spacial score (nSPS) is 20.2. The summed E-state index contributed by atoms with van der Waals surface area (Å²) in [5.74, 6) is 1.52. The molecule has 0 N–H and O–H groups in total. The van der Waals surface area contributed by atoms with Gasteiger partial charge in [0.05, 0.1) is 0 Å². The van der Waals surface area contributed by atoms with E-state index in [0.717, 1.165) is 17.4 Å². The summed E-state index contributed by atoms with van der Waals surface area (Å²) in [5.41, 5.74) is 3.75. The monoisotopic (exact) mass is 352 g/mol. The molecule has 0 radical (unpaired) electrons. The van der Waals surface area contributed by atoms with Crippen molar-refractivity contribution >= 4 is 0 Å². The van der Waals surface area contributed by atoms with Gasteiger partial charge in [-0.25, -0.2) is 4.39 Å². The van der Waals surface area contributed by atoms with Crippen molar-refractivity contribution in [1.82, 2.24) is 0 Å². The highest BCUT2D eigenvalue weighted by atomic mass is 19.1. The Morgan fingerprint density at radius 1 is 0.731 bits per heavy atom. The number of hydrogen-bond donors (Lipinski definition) is 0. The fourth-order valence-corrected chi connectivity index (χ4v) is 4.41. The molecule has 0 atom stereocenters. The van der Waals surface area contributed by atoms with Crippen molar-refractivity contribution in [3.63, 3.8) is 0 Å². The van der Waals surface area contributed by atoms with E-state index in [1.807, 2.05) is 12.1 Å². The molecule has 140 valence electrons. The standard InChI is InChI=1S/C25H33F/c1-2-3-4-5-6-7-20-8-10-21(11-9-20)22-12-14-23(15-13-22)24-16-18-25(26)19-17-24/h12-21H,2-11H2,1H3/t20-,21-. The molecule has 1 saturated carbocycles. The summed E-state index contributed by atoms with van der Waals surface area (Å²) in [7, 11) is 0. The largest absolute Gasteiger partial charge is 0.207 e. The van der Waals surface area contributed by atoms with Gasteiger partial charge in [-0.15, -0.1) is 0 Å². The number of hydrogen-bond acceptors (Lipinski definition) is 0. The van der Waals surface area contributed by atoms with Crippen LogP contribution in [0.25, 0.3) is 11.1 Å². The molecule has 1 aliphatic carbocycles. The highest BCUT2D eigenvalue weighted by Gasteiger charge is 2.22. The highest BCUT2D eigenvalue weighted by molar-refractivity contribution is 5.63. The van der Waals surface area contributed by atoms with E-state index in [2.05, 4.69) is 31.2 Å². The number of benzene rings is 2. The molecule has 2 aromatic carbocycles. The molecule has 3 rings (SSSR count). The highest BCUT2D eigenvalue weighted by Crippen LogP contribution is 2.38. The van der Waals surface area contributed by atoms with Crippen molar-refractivity contribution in [1.29, 1.82) is 0 Å². The van der Waals surface area contributed by atoms with E-state index >= 15 is 0 Å². The average Bonchev–Trinajstić information content (AvgIpc) is 2.69. The molecule has 0 nitrogen and oxygen atoms in total. The first-order chi connectivity index (χ1) is 12.8. The molecule has 1 fully saturated rings. The predicted octanol–water partition coefficient (Wildman–Crippen LogP) is 8.13. The van der Waals surface area contributed by atoms with Crippen LogP contribution in [0.5, 0.6) is 0 Å². The molecule has 2 aromatic rings. The van der Waals surface area contributed by atoms with Crippen molar-refractivity contribution in [3.8, 4) is 11.1 Å². The van der Waals surface area contributed by atoms with E-state index in [9.17, 15) is 4.39 Å². The number of rotatable bonds is 8. The van der Waals surface area contributed by atoms with E-state index in [1.165, 1.54) is 87.5 Å². The summed E-state index contributed by atoms with van der Waals surface area (Å²) in [6.45, 7) is 2.29. The van der Waals surface area contributed by atoms with Crippen LogP contribution >= 0.6 is 0 Å². The molecule has 1 aliphatic rings. The van der Waals surface area contributed by atoms with Gasteiger partial charge < -0.3 is 0 Å². The minimum Gasteiger partial charge on any atom is -0.207 e. The van der Waals surface area contributed by atoms with Crippen LogP contribution in [0.4, 0.5) is 4.39 Å². The minimum atomic E-state index is -0.174. The van der Waals surface area contributed by atoms with Crippen LogP contribution < -0.4 is 0 Å². The second kappa shape index (κ2) is 9.90. The van der Waals surface area contributed by atoms with Crippen LogP contribution in [0.2, 0.25) is 0 Å². The third kappa shape index (κ3) is 5.43. The van der Waals surface area contributed by atoms with E-state index in [-0.39, 0.29) is 5.82 Å². The Balaban J connectivity index is 1.46. The fraction of sp³-hybridized carbons (Fsp3) is 0.520. The van der Waals surface area contributed by atoms with E-state index in [0.29, 0.717) is 0 Å². The lowest BCUT2D eigenvalue weighted by atomic mass is 9.77. The zero-order valence-corrected chi connectivity index (χ0v) is 16.2. The summed E-state index contributed by atoms with van der Waals surface area (Å²) in [6.07, 6.45) is 14.0. The smallest absolute Gasteiger partial charge is 0.123 e.